The van der Waals surface area contributed by atoms with Gasteiger partial charge in [0.05, 0.1) is 11.5 Å². The van der Waals surface area contributed by atoms with Gasteiger partial charge in [0.25, 0.3) is 0 Å². The maximum atomic E-state index is 11.8. The van der Waals surface area contributed by atoms with Crippen LogP contribution < -0.4 is 5.32 Å². The van der Waals surface area contributed by atoms with Crippen molar-refractivity contribution in [3.05, 3.63) is 35.9 Å². The van der Waals surface area contributed by atoms with Crippen LogP contribution in [0.5, 0.6) is 0 Å². The fourth-order valence-corrected chi connectivity index (χ4v) is 2.74. The predicted molar refractivity (Wildman–Crippen MR) is 71.7 cm³/mol. The number of nitrogens with one attached hydrogen (secondary N) is 1. The van der Waals surface area contributed by atoms with Crippen LogP contribution in [0.1, 0.15) is 26.3 Å². The average molecular weight is 255 g/mol. The first-order chi connectivity index (χ1) is 7.79. The molecule has 0 amide bonds. The lowest BCUT2D eigenvalue weighted by atomic mass is 10.1. The lowest BCUT2D eigenvalue weighted by molar-refractivity contribution is 0.438. The molecule has 0 aliphatic heterocycles. The van der Waals surface area contributed by atoms with Gasteiger partial charge in [-0.05, 0) is 26.3 Å². The van der Waals surface area contributed by atoms with E-state index < -0.39 is 9.84 Å². The topological polar surface area (TPSA) is 46.2 Å². The molecule has 1 aromatic rings. The molecule has 0 saturated heterocycles. The minimum absolute atomic E-state index is 0.0394. The first-order valence-electron chi connectivity index (χ1n) is 5.78. The molecule has 1 rings (SSSR count). The summed E-state index contributed by atoms with van der Waals surface area (Å²) < 4.78 is 23.7. The molecule has 96 valence electrons. The Bertz CT molecular complexity index is 432. The van der Waals surface area contributed by atoms with Crippen LogP contribution in [0.25, 0.3) is 0 Å². The van der Waals surface area contributed by atoms with Crippen molar-refractivity contribution in [1.29, 1.82) is 0 Å². The Hall–Kier alpha value is -0.870. The molecule has 0 heterocycles. The monoisotopic (exact) mass is 255 g/mol. The van der Waals surface area contributed by atoms with Crippen molar-refractivity contribution in [2.45, 2.75) is 32.1 Å². The lowest BCUT2D eigenvalue weighted by Gasteiger charge is -2.20. The zero-order valence-electron chi connectivity index (χ0n) is 10.7. The van der Waals surface area contributed by atoms with E-state index in [1.54, 1.807) is 0 Å². The number of hydrogen-bond acceptors (Lipinski definition) is 3. The van der Waals surface area contributed by atoms with Crippen molar-refractivity contribution in [3.8, 4) is 0 Å². The van der Waals surface area contributed by atoms with Gasteiger partial charge in [-0.1, -0.05) is 30.3 Å². The molecular weight excluding hydrogens is 234 g/mol. The molecule has 1 aromatic carbocycles. The summed E-state index contributed by atoms with van der Waals surface area (Å²) in [6.45, 7) is 6.57. The SMILES string of the molecule is CC(C)(C)NCCS(=O)(=O)Cc1ccccc1. The Kier molecular flexibility index (Phi) is 4.71. The molecule has 0 aliphatic carbocycles. The highest BCUT2D eigenvalue weighted by atomic mass is 32.2. The summed E-state index contributed by atoms with van der Waals surface area (Å²) in [5.41, 5.74) is 0.811. The molecule has 1 N–H and O–H groups in total. The largest absolute Gasteiger partial charge is 0.311 e. The zero-order valence-corrected chi connectivity index (χ0v) is 11.5. The highest BCUT2D eigenvalue weighted by Crippen LogP contribution is 2.06. The van der Waals surface area contributed by atoms with Gasteiger partial charge in [0.15, 0.2) is 9.84 Å². The van der Waals surface area contributed by atoms with Gasteiger partial charge in [0.2, 0.25) is 0 Å². The molecule has 0 bridgehead atoms. The summed E-state index contributed by atoms with van der Waals surface area (Å²) in [4.78, 5) is 0. The van der Waals surface area contributed by atoms with Gasteiger partial charge in [-0.2, -0.15) is 0 Å². The second-order valence-electron chi connectivity index (χ2n) is 5.25. The van der Waals surface area contributed by atoms with Crippen molar-refractivity contribution in [2.75, 3.05) is 12.3 Å². The van der Waals surface area contributed by atoms with E-state index in [4.69, 9.17) is 0 Å². The maximum absolute atomic E-state index is 11.8. The predicted octanol–water partition coefficient (Wildman–Crippen LogP) is 1.99. The molecule has 0 unspecified atom stereocenters. The van der Waals surface area contributed by atoms with Crippen LogP contribution in [0.3, 0.4) is 0 Å². The van der Waals surface area contributed by atoms with Crippen molar-refractivity contribution in [1.82, 2.24) is 5.32 Å². The summed E-state index contributed by atoms with van der Waals surface area (Å²) in [7, 11) is -3.02. The van der Waals surface area contributed by atoms with E-state index in [2.05, 4.69) is 5.32 Å². The number of benzene rings is 1. The highest BCUT2D eigenvalue weighted by molar-refractivity contribution is 7.90. The smallest absolute Gasteiger partial charge is 0.155 e. The van der Waals surface area contributed by atoms with Gasteiger partial charge in [0.1, 0.15) is 0 Å². The number of hydrogen-bond donors (Lipinski definition) is 1. The van der Waals surface area contributed by atoms with E-state index in [0.29, 0.717) is 6.54 Å². The van der Waals surface area contributed by atoms with Crippen molar-refractivity contribution in [3.63, 3.8) is 0 Å². The summed E-state index contributed by atoms with van der Waals surface area (Å²) in [6, 6.07) is 9.29. The van der Waals surface area contributed by atoms with Crippen LogP contribution in [-0.4, -0.2) is 26.3 Å². The third kappa shape index (κ3) is 6.44. The van der Waals surface area contributed by atoms with E-state index in [-0.39, 0.29) is 17.0 Å². The van der Waals surface area contributed by atoms with E-state index in [9.17, 15) is 8.42 Å². The summed E-state index contributed by atoms with van der Waals surface area (Å²) in [5, 5.41) is 3.18. The third-order valence-corrected chi connectivity index (χ3v) is 3.90. The van der Waals surface area contributed by atoms with E-state index in [1.807, 2.05) is 51.1 Å². The molecule has 0 saturated carbocycles. The van der Waals surface area contributed by atoms with Gasteiger partial charge >= 0.3 is 0 Å². The third-order valence-electron chi connectivity index (χ3n) is 2.30. The van der Waals surface area contributed by atoms with Crippen LogP contribution in [-0.2, 0) is 15.6 Å². The van der Waals surface area contributed by atoms with E-state index in [0.717, 1.165) is 5.56 Å². The van der Waals surface area contributed by atoms with Crippen molar-refractivity contribution < 1.29 is 8.42 Å². The van der Waals surface area contributed by atoms with E-state index in [1.165, 1.54) is 0 Å². The average Bonchev–Trinajstić information content (AvgIpc) is 2.15. The van der Waals surface area contributed by atoms with Gasteiger partial charge in [-0.15, -0.1) is 0 Å². The number of rotatable bonds is 5. The fourth-order valence-electron chi connectivity index (χ4n) is 1.48. The van der Waals surface area contributed by atoms with Gasteiger partial charge in [0, 0.05) is 12.1 Å². The van der Waals surface area contributed by atoms with Crippen LogP contribution in [0.4, 0.5) is 0 Å². The molecule has 0 fully saturated rings. The molecule has 0 spiro atoms. The summed E-state index contributed by atoms with van der Waals surface area (Å²) in [6.07, 6.45) is 0. The van der Waals surface area contributed by atoms with Crippen LogP contribution in [0.2, 0.25) is 0 Å². The minimum Gasteiger partial charge on any atom is -0.311 e. The lowest BCUT2D eigenvalue weighted by Crippen LogP contribution is -2.38. The molecule has 17 heavy (non-hydrogen) atoms. The first-order valence-corrected chi connectivity index (χ1v) is 7.60. The molecule has 0 radical (unpaired) electrons. The van der Waals surface area contributed by atoms with Crippen LogP contribution >= 0.6 is 0 Å². The van der Waals surface area contributed by atoms with E-state index >= 15 is 0 Å². The Labute approximate surface area is 104 Å². The Balaban J connectivity index is 2.48. The van der Waals surface area contributed by atoms with Crippen LogP contribution in [0.15, 0.2) is 30.3 Å². The molecule has 0 atom stereocenters. The summed E-state index contributed by atoms with van der Waals surface area (Å²) >= 11 is 0. The molecule has 0 aliphatic rings. The van der Waals surface area contributed by atoms with Crippen LogP contribution in [0, 0.1) is 0 Å². The Morgan fingerprint density at radius 3 is 2.24 bits per heavy atom. The Morgan fingerprint density at radius 1 is 1.12 bits per heavy atom. The van der Waals surface area contributed by atoms with Gasteiger partial charge in [-0.25, -0.2) is 8.42 Å². The van der Waals surface area contributed by atoms with Gasteiger partial charge < -0.3 is 5.32 Å². The summed E-state index contributed by atoms with van der Waals surface area (Å²) in [5.74, 6) is 0.304. The zero-order chi connectivity index (χ0) is 12.9. The Morgan fingerprint density at radius 2 is 1.71 bits per heavy atom. The fraction of sp³-hybridized carbons (Fsp3) is 0.538. The maximum Gasteiger partial charge on any atom is 0.155 e. The normalized spacial score (nSPS) is 12.6. The van der Waals surface area contributed by atoms with Gasteiger partial charge in [-0.3, -0.25) is 0 Å². The second-order valence-corrected chi connectivity index (χ2v) is 7.44. The first kappa shape index (κ1) is 14.2. The van der Waals surface area contributed by atoms with Crippen molar-refractivity contribution >= 4 is 9.84 Å². The quantitative estimate of drug-likeness (QED) is 0.875. The highest BCUT2D eigenvalue weighted by Gasteiger charge is 2.14. The minimum atomic E-state index is -3.02. The molecule has 4 heteroatoms. The number of sulfone groups is 1. The standard InChI is InChI=1S/C13H21NO2S/c1-13(2,3)14-9-10-17(15,16)11-12-7-5-4-6-8-12/h4-8,14H,9-11H2,1-3H3. The molecular formula is C13H21NO2S. The molecule has 0 aromatic heterocycles. The van der Waals surface area contributed by atoms with Crippen molar-refractivity contribution in [2.24, 2.45) is 0 Å². The molecule has 3 nitrogen and oxygen atoms in total. The second kappa shape index (κ2) is 5.65.